The van der Waals surface area contributed by atoms with Crippen LogP contribution in [0.2, 0.25) is 0 Å². The number of carbonyl (C=O) groups excluding carboxylic acids is 3. The van der Waals surface area contributed by atoms with Crippen molar-refractivity contribution in [3.63, 3.8) is 0 Å². The summed E-state index contributed by atoms with van der Waals surface area (Å²) in [6.45, 7) is 7.12. The normalized spacial score (nSPS) is 13.4. The zero-order valence-electron chi connectivity index (χ0n) is 18.6. The summed E-state index contributed by atoms with van der Waals surface area (Å²) in [5.41, 5.74) is 0.650. The van der Waals surface area contributed by atoms with Crippen molar-refractivity contribution in [2.75, 3.05) is 19.2 Å². The van der Waals surface area contributed by atoms with Gasteiger partial charge in [0, 0.05) is 10.3 Å². The molecule has 1 aliphatic heterocycles. The molecule has 0 bridgehead atoms. The monoisotopic (exact) mass is 457 g/mol. The molecule has 1 amide bonds. The van der Waals surface area contributed by atoms with Gasteiger partial charge >= 0.3 is 5.97 Å². The highest BCUT2D eigenvalue weighted by atomic mass is 32.2. The molecule has 1 unspecified atom stereocenters. The summed E-state index contributed by atoms with van der Waals surface area (Å²) >= 11 is 1.24. The van der Waals surface area contributed by atoms with Crippen molar-refractivity contribution in [3.05, 3.63) is 53.6 Å². The van der Waals surface area contributed by atoms with E-state index in [9.17, 15) is 14.4 Å². The summed E-state index contributed by atoms with van der Waals surface area (Å²) < 4.78 is 15.9. The molecule has 1 N–H and O–H groups in total. The van der Waals surface area contributed by atoms with Crippen LogP contribution in [0.25, 0.3) is 0 Å². The molecule has 0 radical (unpaired) electrons. The van der Waals surface area contributed by atoms with Gasteiger partial charge in [-0.3, -0.25) is 9.59 Å². The van der Waals surface area contributed by atoms with Gasteiger partial charge in [-0.15, -0.1) is 11.8 Å². The fourth-order valence-corrected chi connectivity index (χ4v) is 3.73. The van der Waals surface area contributed by atoms with E-state index >= 15 is 0 Å². The van der Waals surface area contributed by atoms with E-state index in [2.05, 4.69) is 5.32 Å². The van der Waals surface area contributed by atoms with Gasteiger partial charge in [0.2, 0.25) is 12.7 Å². The molecule has 1 aliphatic rings. The molecule has 7 nitrogen and oxygen atoms in total. The second-order valence-electron chi connectivity index (χ2n) is 8.44. The summed E-state index contributed by atoms with van der Waals surface area (Å²) in [6, 6.07) is 12.2. The molecular weight excluding hydrogens is 430 g/mol. The Balaban J connectivity index is 1.55. The van der Waals surface area contributed by atoms with E-state index in [1.165, 1.54) is 11.8 Å². The number of rotatable bonds is 8. The number of nitrogens with one attached hydrogen (secondary N) is 1. The Morgan fingerprint density at radius 2 is 1.81 bits per heavy atom. The second kappa shape index (κ2) is 10.1. The fourth-order valence-electron chi connectivity index (χ4n) is 2.88. The maximum absolute atomic E-state index is 12.5. The van der Waals surface area contributed by atoms with E-state index in [0.29, 0.717) is 22.0 Å². The lowest BCUT2D eigenvalue weighted by Crippen LogP contribution is -2.28. The van der Waals surface area contributed by atoms with Crippen molar-refractivity contribution in [1.82, 2.24) is 5.32 Å². The predicted octanol–water partition coefficient (Wildman–Crippen LogP) is 4.16. The molecule has 0 spiro atoms. The highest BCUT2D eigenvalue weighted by Crippen LogP contribution is 2.34. The largest absolute Gasteiger partial charge is 0.454 e. The standard InChI is InChI=1S/C24H27NO6S/c1-15(16-9-10-18-19(11-16)31-14-30-18)25-22(27)13-32-20-8-6-5-7-17(20)23(28)29-12-21(26)24(2,3)4/h5-11,15H,12-14H2,1-4H3,(H,25,27). The van der Waals surface area contributed by atoms with Gasteiger partial charge in [0.15, 0.2) is 23.9 Å². The molecule has 2 aromatic carbocycles. The van der Waals surface area contributed by atoms with Gasteiger partial charge in [-0.2, -0.15) is 0 Å². The summed E-state index contributed by atoms with van der Waals surface area (Å²) in [5.74, 6) is 0.560. The summed E-state index contributed by atoms with van der Waals surface area (Å²) in [6.07, 6.45) is 0. The fraction of sp³-hybridized carbons (Fsp3) is 0.375. The average Bonchev–Trinajstić information content (AvgIpc) is 3.23. The van der Waals surface area contributed by atoms with E-state index in [1.54, 1.807) is 45.0 Å². The van der Waals surface area contributed by atoms with Gasteiger partial charge in [0.25, 0.3) is 0 Å². The second-order valence-corrected chi connectivity index (χ2v) is 9.45. The van der Waals surface area contributed by atoms with Crippen LogP contribution in [0.5, 0.6) is 11.5 Å². The highest BCUT2D eigenvalue weighted by molar-refractivity contribution is 8.00. The van der Waals surface area contributed by atoms with Gasteiger partial charge in [0.1, 0.15) is 0 Å². The number of hydrogen-bond acceptors (Lipinski definition) is 7. The number of amides is 1. The van der Waals surface area contributed by atoms with E-state index in [-0.39, 0.29) is 36.9 Å². The van der Waals surface area contributed by atoms with E-state index in [4.69, 9.17) is 14.2 Å². The van der Waals surface area contributed by atoms with Gasteiger partial charge in [0.05, 0.1) is 17.4 Å². The third-order valence-electron chi connectivity index (χ3n) is 4.91. The maximum atomic E-state index is 12.5. The minimum atomic E-state index is -0.583. The first-order valence-electron chi connectivity index (χ1n) is 10.3. The van der Waals surface area contributed by atoms with Gasteiger partial charge in [-0.25, -0.2) is 4.79 Å². The van der Waals surface area contributed by atoms with Crippen LogP contribution < -0.4 is 14.8 Å². The molecule has 0 saturated carbocycles. The SMILES string of the molecule is CC(NC(=O)CSc1ccccc1C(=O)OCC(=O)C(C)(C)C)c1ccc2c(c1)OCO2. The first kappa shape index (κ1) is 23.7. The van der Waals surface area contributed by atoms with Crippen LogP contribution in [-0.2, 0) is 14.3 Å². The molecule has 170 valence electrons. The zero-order valence-corrected chi connectivity index (χ0v) is 19.4. The number of ketones is 1. The quantitative estimate of drug-likeness (QED) is 0.470. The molecule has 0 fully saturated rings. The highest BCUT2D eigenvalue weighted by Gasteiger charge is 2.24. The summed E-state index contributed by atoms with van der Waals surface area (Å²) in [4.78, 5) is 37.6. The molecule has 1 heterocycles. The lowest BCUT2D eigenvalue weighted by Gasteiger charge is -2.17. The van der Waals surface area contributed by atoms with Crippen molar-refractivity contribution in [3.8, 4) is 11.5 Å². The topological polar surface area (TPSA) is 90.9 Å². The number of thioether (sulfide) groups is 1. The molecule has 32 heavy (non-hydrogen) atoms. The smallest absolute Gasteiger partial charge is 0.339 e. The molecule has 8 heteroatoms. The Bertz CT molecular complexity index is 1010. The minimum Gasteiger partial charge on any atom is -0.454 e. The third kappa shape index (κ3) is 6.03. The average molecular weight is 458 g/mol. The number of fused-ring (bicyclic) bond motifs is 1. The number of esters is 1. The van der Waals surface area contributed by atoms with Crippen LogP contribution in [0.15, 0.2) is 47.4 Å². The molecule has 0 aliphatic carbocycles. The van der Waals surface area contributed by atoms with E-state index in [0.717, 1.165) is 5.56 Å². The summed E-state index contributed by atoms with van der Waals surface area (Å²) in [5, 5.41) is 2.95. The first-order chi connectivity index (χ1) is 15.1. The predicted molar refractivity (Wildman–Crippen MR) is 121 cm³/mol. The van der Waals surface area contributed by atoms with Crippen LogP contribution in [0.3, 0.4) is 0 Å². The number of benzene rings is 2. The van der Waals surface area contributed by atoms with Gasteiger partial charge < -0.3 is 19.5 Å². The number of carbonyl (C=O) groups is 3. The minimum absolute atomic E-state index is 0.125. The Morgan fingerprint density at radius 3 is 2.56 bits per heavy atom. The molecule has 1 atom stereocenters. The number of ether oxygens (including phenoxy) is 3. The van der Waals surface area contributed by atoms with Gasteiger partial charge in [-0.05, 0) is 36.8 Å². The van der Waals surface area contributed by atoms with Crippen molar-refractivity contribution in [2.24, 2.45) is 5.41 Å². The van der Waals surface area contributed by atoms with Crippen molar-refractivity contribution in [2.45, 2.75) is 38.6 Å². The Hall–Kier alpha value is -3.00. The lowest BCUT2D eigenvalue weighted by molar-refractivity contribution is -0.129. The molecule has 3 rings (SSSR count). The van der Waals surface area contributed by atoms with Crippen molar-refractivity contribution >= 4 is 29.4 Å². The summed E-state index contributed by atoms with van der Waals surface area (Å²) in [7, 11) is 0. The molecule has 2 aromatic rings. The van der Waals surface area contributed by atoms with Crippen LogP contribution in [0, 0.1) is 5.41 Å². The Morgan fingerprint density at radius 1 is 1.09 bits per heavy atom. The molecule has 0 aromatic heterocycles. The zero-order chi connectivity index (χ0) is 23.3. The van der Waals surface area contributed by atoms with Crippen LogP contribution in [-0.4, -0.2) is 36.8 Å². The molecule has 0 saturated heterocycles. The lowest BCUT2D eigenvalue weighted by atomic mass is 9.91. The van der Waals surface area contributed by atoms with E-state index < -0.39 is 11.4 Å². The first-order valence-corrected chi connectivity index (χ1v) is 11.2. The van der Waals surface area contributed by atoms with Crippen LogP contribution in [0.1, 0.15) is 49.7 Å². The van der Waals surface area contributed by atoms with E-state index in [1.807, 2.05) is 25.1 Å². The number of Topliss-reactive ketones (excluding diaryl/α,β-unsaturated/α-hetero) is 1. The maximum Gasteiger partial charge on any atom is 0.339 e. The van der Waals surface area contributed by atoms with Crippen LogP contribution >= 0.6 is 11.8 Å². The van der Waals surface area contributed by atoms with Crippen molar-refractivity contribution in [1.29, 1.82) is 0 Å². The Kier molecular flexibility index (Phi) is 7.45. The Labute approximate surface area is 191 Å². The number of hydrogen-bond donors (Lipinski definition) is 1. The molecular formula is C24H27NO6S. The third-order valence-corrected chi connectivity index (χ3v) is 5.98. The van der Waals surface area contributed by atoms with Crippen LogP contribution in [0.4, 0.5) is 0 Å². The van der Waals surface area contributed by atoms with Gasteiger partial charge in [-0.1, -0.05) is 39.0 Å². The van der Waals surface area contributed by atoms with Crippen molar-refractivity contribution < 1.29 is 28.6 Å².